The first-order chi connectivity index (χ1) is 15.1. The van der Waals surface area contributed by atoms with E-state index in [1.54, 1.807) is 6.07 Å². The molecule has 1 N–H and O–H groups in total. The zero-order chi connectivity index (χ0) is 23.0. The Labute approximate surface area is 189 Å². The molecule has 0 aliphatic carbocycles. The van der Waals surface area contributed by atoms with E-state index in [9.17, 15) is 22.8 Å². The number of nitrogens with zero attached hydrogens (tertiary/aromatic N) is 4. The number of carbonyl (C=O) groups excluding carboxylic acids is 2. The molecule has 1 aliphatic rings. The number of amides is 2. The van der Waals surface area contributed by atoms with Gasteiger partial charge in [-0.3, -0.25) is 9.59 Å². The van der Waals surface area contributed by atoms with Gasteiger partial charge in [0.1, 0.15) is 18.6 Å². The van der Waals surface area contributed by atoms with Crippen LogP contribution < -0.4 is 10.2 Å². The summed E-state index contributed by atoms with van der Waals surface area (Å²) in [7, 11) is 0. The molecule has 2 amide bonds. The highest BCUT2D eigenvalue weighted by molar-refractivity contribution is 6.42. The lowest BCUT2D eigenvalue weighted by Gasteiger charge is -2.18. The van der Waals surface area contributed by atoms with Gasteiger partial charge in [-0.1, -0.05) is 23.2 Å². The van der Waals surface area contributed by atoms with Crippen LogP contribution in [-0.2, 0) is 15.8 Å². The monoisotopic (exact) mass is 483 g/mol. The van der Waals surface area contributed by atoms with Crippen LogP contribution in [0.3, 0.4) is 0 Å². The van der Waals surface area contributed by atoms with Crippen molar-refractivity contribution in [2.24, 2.45) is 5.92 Å². The van der Waals surface area contributed by atoms with Gasteiger partial charge in [0.25, 0.3) is 0 Å². The number of hydrogen-bond acceptors (Lipinski definition) is 4. The molecule has 32 heavy (non-hydrogen) atoms. The van der Waals surface area contributed by atoms with Gasteiger partial charge in [-0.25, -0.2) is 9.67 Å². The van der Waals surface area contributed by atoms with Crippen LogP contribution in [0.15, 0.2) is 49.1 Å². The van der Waals surface area contributed by atoms with E-state index < -0.39 is 29.5 Å². The Kier molecular flexibility index (Phi) is 5.83. The molecule has 0 bridgehead atoms. The van der Waals surface area contributed by atoms with Crippen LogP contribution in [0.25, 0.3) is 5.69 Å². The molecule has 4 rings (SSSR count). The summed E-state index contributed by atoms with van der Waals surface area (Å²) < 4.78 is 41.7. The van der Waals surface area contributed by atoms with Crippen LogP contribution in [0, 0.1) is 5.92 Å². The Morgan fingerprint density at radius 2 is 1.91 bits per heavy atom. The molecule has 0 saturated carbocycles. The number of carbonyl (C=O) groups is 2. The Morgan fingerprint density at radius 1 is 1.12 bits per heavy atom. The topological polar surface area (TPSA) is 80.1 Å². The van der Waals surface area contributed by atoms with Crippen LogP contribution >= 0.6 is 23.2 Å². The van der Waals surface area contributed by atoms with Crippen molar-refractivity contribution in [2.75, 3.05) is 16.8 Å². The first kappa shape index (κ1) is 22.1. The second-order valence-corrected chi connectivity index (χ2v) is 7.80. The average molecular weight is 484 g/mol. The highest BCUT2D eigenvalue weighted by atomic mass is 35.5. The van der Waals surface area contributed by atoms with Crippen molar-refractivity contribution >= 4 is 46.4 Å². The number of hydrogen-bond donors (Lipinski definition) is 1. The quantitative estimate of drug-likeness (QED) is 0.550. The van der Waals surface area contributed by atoms with Crippen molar-refractivity contribution in [3.63, 3.8) is 0 Å². The standard InChI is InChI=1S/C20H14Cl2F3N5O2/c21-15-3-2-12(8-16(15)22)29-6-5-13(19(29)32)18(31)28-11-1-4-17(30-10-26-9-27-30)14(7-11)20(23,24)25/h1-4,7-10,13H,5-6H2,(H,28,31). The number of alkyl halides is 3. The predicted molar refractivity (Wildman–Crippen MR) is 112 cm³/mol. The van der Waals surface area contributed by atoms with E-state index in [4.69, 9.17) is 23.2 Å². The fraction of sp³-hybridized carbons (Fsp3) is 0.200. The van der Waals surface area contributed by atoms with Gasteiger partial charge in [0.15, 0.2) is 0 Å². The van der Waals surface area contributed by atoms with Gasteiger partial charge in [0.05, 0.1) is 21.3 Å². The van der Waals surface area contributed by atoms with E-state index in [-0.39, 0.29) is 29.4 Å². The molecule has 1 aromatic heterocycles. The number of benzene rings is 2. The molecule has 1 saturated heterocycles. The third-order valence-corrected chi connectivity index (χ3v) is 5.71. The summed E-state index contributed by atoms with van der Waals surface area (Å²) in [6.07, 6.45) is -2.25. The van der Waals surface area contributed by atoms with E-state index in [0.717, 1.165) is 23.4 Å². The van der Waals surface area contributed by atoms with Gasteiger partial charge >= 0.3 is 6.18 Å². The van der Waals surface area contributed by atoms with E-state index in [2.05, 4.69) is 15.4 Å². The van der Waals surface area contributed by atoms with Crippen molar-refractivity contribution in [3.8, 4) is 5.69 Å². The molecule has 1 unspecified atom stereocenters. The van der Waals surface area contributed by atoms with Crippen molar-refractivity contribution in [2.45, 2.75) is 12.6 Å². The molecule has 1 fully saturated rings. The van der Waals surface area contributed by atoms with E-state index in [1.807, 2.05) is 0 Å². The molecule has 0 spiro atoms. The summed E-state index contributed by atoms with van der Waals surface area (Å²) in [4.78, 5) is 30.5. The fourth-order valence-electron chi connectivity index (χ4n) is 3.44. The van der Waals surface area contributed by atoms with Crippen LogP contribution in [0.2, 0.25) is 10.0 Å². The normalized spacial score (nSPS) is 16.5. The van der Waals surface area contributed by atoms with Crippen molar-refractivity contribution in [1.29, 1.82) is 0 Å². The summed E-state index contributed by atoms with van der Waals surface area (Å²) >= 11 is 11.9. The number of anilines is 2. The number of nitrogens with one attached hydrogen (secondary N) is 1. The van der Waals surface area contributed by atoms with Crippen molar-refractivity contribution in [1.82, 2.24) is 14.8 Å². The second-order valence-electron chi connectivity index (χ2n) is 6.99. The maximum atomic E-state index is 13.6. The fourth-order valence-corrected chi connectivity index (χ4v) is 3.73. The lowest BCUT2D eigenvalue weighted by atomic mass is 10.1. The highest BCUT2D eigenvalue weighted by Crippen LogP contribution is 2.36. The molecule has 12 heteroatoms. The van der Waals surface area contributed by atoms with Crippen LogP contribution in [0.1, 0.15) is 12.0 Å². The number of rotatable bonds is 4. The predicted octanol–water partition coefficient (Wildman–Crippen LogP) is 4.58. The molecular formula is C20H14Cl2F3N5O2. The summed E-state index contributed by atoms with van der Waals surface area (Å²) in [5.74, 6) is -2.22. The van der Waals surface area contributed by atoms with Gasteiger partial charge in [0, 0.05) is 17.9 Å². The Bertz CT molecular complexity index is 1180. The third-order valence-electron chi connectivity index (χ3n) is 4.97. The van der Waals surface area contributed by atoms with E-state index >= 15 is 0 Å². The first-order valence-corrected chi connectivity index (χ1v) is 10.0. The summed E-state index contributed by atoms with van der Waals surface area (Å²) in [6.45, 7) is 0.258. The summed E-state index contributed by atoms with van der Waals surface area (Å²) in [5, 5.41) is 6.72. The molecular weight excluding hydrogens is 470 g/mol. The van der Waals surface area contributed by atoms with Crippen LogP contribution in [-0.4, -0.2) is 33.1 Å². The molecule has 0 radical (unpaired) electrons. The maximum absolute atomic E-state index is 13.6. The molecule has 2 heterocycles. The lowest BCUT2D eigenvalue weighted by Crippen LogP contribution is -2.33. The largest absolute Gasteiger partial charge is 0.418 e. The smallest absolute Gasteiger partial charge is 0.325 e. The molecule has 1 aliphatic heterocycles. The Hall–Kier alpha value is -3.11. The minimum atomic E-state index is -4.70. The van der Waals surface area contributed by atoms with Crippen LogP contribution in [0.4, 0.5) is 24.5 Å². The Balaban J connectivity index is 1.54. The summed E-state index contributed by atoms with van der Waals surface area (Å²) in [5.41, 5.74) is -0.852. The molecule has 3 aromatic rings. The van der Waals surface area contributed by atoms with Gasteiger partial charge in [-0.2, -0.15) is 18.3 Å². The van der Waals surface area contributed by atoms with Gasteiger partial charge < -0.3 is 10.2 Å². The SMILES string of the molecule is O=C(Nc1ccc(-n2cncn2)c(C(F)(F)F)c1)C1CCN(c2ccc(Cl)c(Cl)c2)C1=O. The zero-order valence-electron chi connectivity index (χ0n) is 16.1. The van der Waals surface area contributed by atoms with Gasteiger partial charge in [-0.05, 0) is 42.8 Å². The van der Waals surface area contributed by atoms with Crippen molar-refractivity contribution in [3.05, 3.63) is 64.7 Å². The minimum Gasteiger partial charge on any atom is -0.325 e. The van der Waals surface area contributed by atoms with Gasteiger partial charge in [-0.15, -0.1) is 0 Å². The number of aromatic nitrogens is 3. The van der Waals surface area contributed by atoms with Gasteiger partial charge in [0.2, 0.25) is 11.8 Å². The summed E-state index contributed by atoms with van der Waals surface area (Å²) in [6, 6.07) is 7.93. The maximum Gasteiger partial charge on any atom is 0.418 e. The first-order valence-electron chi connectivity index (χ1n) is 9.28. The molecule has 166 valence electrons. The lowest BCUT2D eigenvalue weighted by molar-refractivity contribution is -0.137. The van der Waals surface area contributed by atoms with E-state index in [1.165, 1.54) is 29.2 Å². The molecule has 2 aromatic carbocycles. The zero-order valence-corrected chi connectivity index (χ0v) is 17.6. The van der Waals surface area contributed by atoms with Crippen molar-refractivity contribution < 1.29 is 22.8 Å². The number of halogens is 5. The molecule has 1 atom stereocenters. The Morgan fingerprint density at radius 3 is 2.56 bits per heavy atom. The molecule has 7 nitrogen and oxygen atoms in total. The van der Waals surface area contributed by atoms with E-state index in [0.29, 0.717) is 10.7 Å². The minimum absolute atomic E-state index is 0.0908. The average Bonchev–Trinajstić information content (AvgIpc) is 3.39. The highest BCUT2D eigenvalue weighted by Gasteiger charge is 2.39. The third kappa shape index (κ3) is 4.28. The van der Waals surface area contributed by atoms with Crippen LogP contribution in [0.5, 0.6) is 0 Å². The second kappa shape index (κ2) is 8.44.